The number of hydrogen-bond donors (Lipinski definition) is 1. The third-order valence-corrected chi connectivity index (χ3v) is 9.17. The minimum atomic E-state index is -1.86. The Bertz CT molecular complexity index is 1820. The molecule has 1 amide bonds. The zero-order chi connectivity index (χ0) is 32.0. The predicted molar refractivity (Wildman–Crippen MR) is 170 cm³/mol. The lowest BCUT2D eigenvalue weighted by molar-refractivity contribution is -0.192. The number of aliphatic imine (C=N–C) groups is 1. The molecule has 0 saturated heterocycles. The van der Waals surface area contributed by atoms with Crippen LogP contribution in [0.15, 0.2) is 34.1 Å². The van der Waals surface area contributed by atoms with Gasteiger partial charge in [-0.05, 0) is 45.0 Å². The summed E-state index contributed by atoms with van der Waals surface area (Å²) in [4.78, 5) is 66.7. The molecule has 3 aliphatic rings. The number of aromatic nitrogens is 2. The van der Waals surface area contributed by atoms with E-state index in [4.69, 9.17) is 19.5 Å². The Kier molecular flexibility index (Phi) is 7.94. The second kappa shape index (κ2) is 11.7. The number of amides is 1. The van der Waals surface area contributed by atoms with Crippen LogP contribution in [-0.2, 0) is 42.6 Å². The largest absolute Gasteiger partial charge is 0.457 e. The van der Waals surface area contributed by atoms with Gasteiger partial charge in [0.2, 0.25) is 11.5 Å². The number of carbonyl (C=O) groups excluding carboxylic acids is 3. The molecule has 12 heteroatoms. The van der Waals surface area contributed by atoms with Crippen molar-refractivity contribution in [1.82, 2.24) is 19.8 Å². The molecule has 236 valence electrons. The van der Waals surface area contributed by atoms with Gasteiger partial charge in [0.1, 0.15) is 12.6 Å². The average molecular weight is 615 g/mol. The van der Waals surface area contributed by atoms with Gasteiger partial charge in [-0.1, -0.05) is 32.8 Å². The van der Waals surface area contributed by atoms with E-state index < -0.39 is 23.6 Å². The highest BCUT2D eigenvalue weighted by molar-refractivity contribution is 6.11. The van der Waals surface area contributed by atoms with Crippen molar-refractivity contribution in [2.45, 2.75) is 71.2 Å². The highest BCUT2D eigenvalue weighted by atomic mass is 16.6. The van der Waals surface area contributed by atoms with E-state index in [9.17, 15) is 19.2 Å². The van der Waals surface area contributed by atoms with Crippen molar-refractivity contribution >= 4 is 46.5 Å². The number of ether oxygens (including phenoxy) is 2. The Labute approximate surface area is 261 Å². The summed E-state index contributed by atoms with van der Waals surface area (Å²) in [6, 6.07) is 6.59. The van der Waals surface area contributed by atoms with Gasteiger partial charge in [-0.15, -0.1) is 0 Å². The van der Waals surface area contributed by atoms with Crippen LogP contribution in [-0.4, -0.2) is 71.9 Å². The quantitative estimate of drug-likeness (QED) is 0.211. The van der Waals surface area contributed by atoms with Gasteiger partial charge in [0, 0.05) is 24.7 Å². The number of nitrogens with zero attached hydrogens (tertiary/aromatic N) is 5. The van der Waals surface area contributed by atoms with Gasteiger partial charge in [0.25, 0.3) is 5.56 Å². The second-order valence-corrected chi connectivity index (χ2v) is 11.8. The third-order valence-electron chi connectivity index (χ3n) is 9.17. The summed E-state index contributed by atoms with van der Waals surface area (Å²) < 4.78 is 13.1. The van der Waals surface area contributed by atoms with Gasteiger partial charge in [-0.3, -0.25) is 9.59 Å². The fourth-order valence-electron chi connectivity index (χ4n) is 6.47. The summed E-state index contributed by atoms with van der Waals surface area (Å²) in [6.07, 6.45) is 5.05. The van der Waals surface area contributed by atoms with Gasteiger partial charge < -0.3 is 29.2 Å². The Balaban J connectivity index is 1.47. The van der Waals surface area contributed by atoms with E-state index in [2.05, 4.69) is 17.1 Å². The number of anilines is 1. The number of cyclic esters (lactones) is 1. The molecule has 3 aromatic rings. The zero-order valence-corrected chi connectivity index (χ0v) is 26.3. The van der Waals surface area contributed by atoms with Crippen LogP contribution in [0.3, 0.4) is 0 Å². The molecular formula is C33H38N6O6. The normalized spacial score (nSPS) is 18.2. The molecular weight excluding hydrogens is 576 g/mol. The summed E-state index contributed by atoms with van der Waals surface area (Å²) in [5.41, 5.74) is 3.04. The maximum Gasteiger partial charge on any atom is 0.355 e. The van der Waals surface area contributed by atoms with Crippen LogP contribution in [0, 0.1) is 0 Å². The number of rotatable bonds is 10. The first-order chi connectivity index (χ1) is 21.7. The summed E-state index contributed by atoms with van der Waals surface area (Å²) >= 11 is 0. The summed E-state index contributed by atoms with van der Waals surface area (Å²) in [6.45, 7) is 6.27. The lowest BCUT2D eigenvalue weighted by atomic mass is 9.85. The molecule has 0 fully saturated rings. The number of nitrogens with one attached hydrogen (secondary N) is 1. The summed E-state index contributed by atoms with van der Waals surface area (Å²) in [7, 11) is 3.13. The van der Waals surface area contributed by atoms with E-state index in [0.29, 0.717) is 23.5 Å². The van der Waals surface area contributed by atoms with E-state index >= 15 is 0 Å². The van der Waals surface area contributed by atoms with E-state index in [0.717, 1.165) is 53.6 Å². The minimum Gasteiger partial charge on any atom is -0.457 e. The monoisotopic (exact) mass is 614 g/mol. The molecule has 0 aliphatic carbocycles. The molecule has 0 unspecified atom stereocenters. The number of pyridine rings is 2. The number of esters is 2. The Morgan fingerprint density at radius 1 is 1.20 bits per heavy atom. The highest BCUT2D eigenvalue weighted by Crippen LogP contribution is 2.47. The maximum absolute atomic E-state index is 14.1. The van der Waals surface area contributed by atoms with Crippen molar-refractivity contribution in [3.8, 4) is 11.4 Å². The van der Waals surface area contributed by atoms with Crippen molar-refractivity contribution in [3.63, 3.8) is 0 Å². The Morgan fingerprint density at radius 2 is 2.00 bits per heavy atom. The fraction of sp³-hybridized carbons (Fsp3) is 0.455. The minimum absolute atomic E-state index is 0.0304. The van der Waals surface area contributed by atoms with Gasteiger partial charge in [0.15, 0.2) is 0 Å². The van der Waals surface area contributed by atoms with Crippen LogP contribution in [0.4, 0.5) is 11.4 Å². The van der Waals surface area contributed by atoms with Gasteiger partial charge in [-0.25, -0.2) is 19.6 Å². The topological polar surface area (TPSA) is 135 Å². The van der Waals surface area contributed by atoms with Gasteiger partial charge in [0.05, 0.1) is 58.7 Å². The molecule has 0 bridgehead atoms. The highest BCUT2D eigenvalue weighted by Gasteiger charge is 2.51. The van der Waals surface area contributed by atoms with E-state index in [-0.39, 0.29) is 36.6 Å². The van der Waals surface area contributed by atoms with Crippen molar-refractivity contribution in [2.75, 3.05) is 32.1 Å². The van der Waals surface area contributed by atoms with Crippen LogP contribution >= 0.6 is 0 Å². The number of benzene rings is 1. The number of fused-ring (bicyclic) bond motifs is 5. The molecule has 45 heavy (non-hydrogen) atoms. The average Bonchev–Trinajstić information content (AvgIpc) is 3.41. The van der Waals surface area contributed by atoms with Crippen molar-refractivity contribution in [1.29, 1.82) is 0 Å². The van der Waals surface area contributed by atoms with Gasteiger partial charge >= 0.3 is 11.9 Å². The van der Waals surface area contributed by atoms with Gasteiger partial charge in [-0.2, -0.15) is 0 Å². The number of carbonyl (C=O) groups is 3. The van der Waals surface area contributed by atoms with Crippen LogP contribution in [0.25, 0.3) is 22.3 Å². The summed E-state index contributed by atoms with van der Waals surface area (Å²) in [5.74, 6) is -1.85. The molecule has 0 spiro atoms. The summed E-state index contributed by atoms with van der Waals surface area (Å²) in [5, 5.41) is 3.72. The lowest BCUT2D eigenvalue weighted by Gasteiger charge is -2.37. The Hall–Kier alpha value is -4.58. The van der Waals surface area contributed by atoms with Crippen molar-refractivity contribution in [2.24, 2.45) is 4.99 Å². The molecule has 2 aromatic heterocycles. The molecule has 1 N–H and O–H groups in total. The fourth-order valence-corrected chi connectivity index (χ4v) is 6.47. The molecule has 12 nitrogen and oxygen atoms in total. The molecule has 0 saturated carbocycles. The lowest BCUT2D eigenvalue weighted by Crippen LogP contribution is -2.51. The van der Waals surface area contributed by atoms with Crippen molar-refractivity contribution < 1.29 is 23.9 Å². The van der Waals surface area contributed by atoms with Crippen LogP contribution in [0.5, 0.6) is 0 Å². The Morgan fingerprint density at radius 3 is 2.73 bits per heavy atom. The van der Waals surface area contributed by atoms with Crippen LogP contribution < -0.4 is 15.8 Å². The number of unbranched alkanes of at least 4 members (excludes halogenated alkanes) is 2. The van der Waals surface area contributed by atoms with Crippen molar-refractivity contribution in [3.05, 3.63) is 51.3 Å². The number of hydrogen-bond acceptors (Lipinski definition) is 10. The molecule has 0 radical (unpaired) electrons. The third kappa shape index (κ3) is 4.78. The standard InChI is InChI=1S/C33H38N6O6/c1-6-8-9-13-38-18-35-23-11-10-12-24-27(23)29(38)20-16-39-25(28(20)36-24)14-22-21(30(39)41)17-44-32(43)33(22,7-2)45-31(42)19(3)37(5)26(40)15-34-4/h10-12,14,18-19,34H,6-9,13,15-17H2,1-5H3/t19-,33-/m0/s1. The van der Waals surface area contributed by atoms with E-state index in [1.807, 2.05) is 24.5 Å². The first-order valence-electron chi connectivity index (χ1n) is 15.5. The maximum atomic E-state index is 14.1. The molecule has 6 rings (SSSR count). The SMILES string of the molecule is CCCCCN1C=Nc2cccc3nc4c(c1c23)Cn1c-4cc2c(c1=O)COC(=O)[C@@]2(CC)OC(=O)[C@H](C)N(C)C(=O)CNC. The van der Waals surface area contributed by atoms with E-state index in [1.165, 1.54) is 18.9 Å². The molecule has 1 aromatic carbocycles. The predicted octanol–water partition coefficient (Wildman–Crippen LogP) is 3.37. The second-order valence-electron chi connectivity index (χ2n) is 11.8. The number of likely N-dealkylation sites (N-methyl/N-ethyl adjacent to an activating group) is 2. The van der Waals surface area contributed by atoms with Crippen LogP contribution in [0.1, 0.15) is 63.1 Å². The first-order valence-corrected chi connectivity index (χ1v) is 15.5. The molecule has 2 atom stereocenters. The van der Waals surface area contributed by atoms with E-state index in [1.54, 1.807) is 24.6 Å². The molecule has 3 aliphatic heterocycles. The smallest absolute Gasteiger partial charge is 0.355 e. The van der Waals surface area contributed by atoms with Crippen LogP contribution in [0.2, 0.25) is 0 Å². The first kappa shape index (κ1) is 30.4. The molecule has 5 heterocycles. The zero-order valence-electron chi connectivity index (χ0n) is 26.3.